The predicted molar refractivity (Wildman–Crippen MR) is 100.0 cm³/mol. The number of carbonyl (C=O) groups is 1. The summed E-state index contributed by atoms with van der Waals surface area (Å²) >= 11 is 5.68. The van der Waals surface area contributed by atoms with Crippen molar-refractivity contribution in [3.63, 3.8) is 0 Å². The van der Waals surface area contributed by atoms with Gasteiger partial charge in [-0.3, -0.25) is 4.79 Å². The maximum Gasteiger partial charge on any atom is 0.255 e. The molecule has 1 amide bonds. The Bertz CT molecular complexity index is 929. The fourth-order valence-corrected chi connectivity index (χ4v) is 3.90. The average molecular weight is 413 g/mol. The van der Waals surface area contributed by atoms with Crippen LogP contribution in [0.15, 0.2) is 47.4 Å². The van der Waals surface area contributed by atoms with Gasteiger partial charge in [0, 0.05) is 24.4 Å². The minimum Gasteiger partial charge on any atom is -0.377 e. The Kier molecular flexibility index (Phi) is 6.11. The number of sulfonamides is 1. The quantitative estimate of drug-likeness (QED) is 0.763. The molecule has 1 aliphatic rings. The van der Waals surface area contributed by atoms with Gasteiger partial charge in [0.15, 0.2) is 0 Å². The van der Waals surface area contributed by atoms with Crippen molar-refractivity contribution in [1.82, 2.24) is 4.72 Å². The van der Waals surface area contributed by atoms with E-state index in [9.17, 15) is 17.6 Å². The van der Waals surface area contributed by atoms with Gasteiger partial charge in [-0.05, 0) is 55.3 Å². The molecule has 144 valence electrons. The Balaban J connectivity index is 1.64. The van der Waals surface area contributed by atoms with E-state index < -0.39 is 21.7 Å². The summed E-state index contributed by atoms with van der Waals surface area (Å²) in [6.45, 7) is 0.866. The molecule has 0 bridgehead atoms. The van der Waals surface area contributed by atoms with Crippen molar-refractivity contribution in [1.29, 1.82) is 0 Å². The van der Waals surface area contributed by atoms with Gasteiger partial charge in [-0.25, -0.2) is 17.5 Å². The van der Waals surface area contributed by atoms with E-state index in [0.29, 0.717) is 12.3 Å². The average Bonchev–Trinajstić information content (AvgIpc) is 3.17. The zero-order valence-electron chi connectivity index (χ0n) is 14.2. The van der Waals surface area contributed by atoms with Crippen molar-refractivity contribution in [2.24, 2.45) is 0 Å². The van der Waals surface area contributed by atoms with Gasteiger partial charge in [0.2, 0.25) is 10.0 Å². The number of rotatable bonds is 6. The van der Waals surface area contributed by atoms with Crippen molar-refractivity contribution >= 4 is 33.2 Å². The topological polar surface area (TPSA) is 84.5 Å². The number of hydrogen-bond donors (Lipinski definition) is 2. The molecule has 0 aliphatic carbocycles. The Morgan fingerprint density at radius 2 is 1.96 bits per heavy atom. The standard InChI is InChI=1S/C18H18ClFN2O4S/c19-16-10-13(5-8-17(16)20)22-18(23)12-3-6-15(7-4-12)27(24,25)21-11-14-2-1-9-26-14/h3-8,10,14,21H,1-2,9,11H2,(H,22,23)/t14-/m1/s1. The molecule has 27 heavy (non-hydrogen) atoms. The second kappa shape index (κ2) is 8.35. The molecule has 0 radical (unpaired) electrons. The van der Waals surface area contributed by atoms with Crippen LogP contribution in [-0.2, 0) is 14.8 Å². The number of amides is 1. The van der Waals surface area contributed by atoms with Crippen LogP contribution in [0.25, 0.3) is 0 Å². The van der Waals surface area contributed by atoms with E-state index >= 15 is 0 Å². The van der Waals surface area contributed by atoms with E-state index in [4.69, 9.17) is 16.3 Å². The van der Waals surface area contributed by atoms with Crippen molar-refractivity contribution in [2.75, 3.05) is 18.5 Å². The first kappa shape index (κ1) is 19.8. The summed E-state index contributed by atoms with van der Waals surface area (Å²) in [5, 5.41) is 2.47. The Morgan fingerprint density at radius 1 is 1.22 bits per heavy atom. The van der Waals surface area contributed by atoms with Gasteiger partial charge >= 0.3 is 0 Å². The Labute approximate surface area is 161 Å². The van der Waals surface area contributed by atoms with E-state index in [1.165, 1.54) is 36.4 Å². The lowest BCUT2D eigenvalue weighted by atomic mass is 10.2. The van der Waals surface area contributed by atoms with Crippen LogP contribution in [0, 0.1) is 5.82 Å². The summed E-state index contributed by atoms with van der Waals surface area (Å²) in [4.78, 5) is 12.3. The van der Waals surface area contributed by atoms with Gasteiger partial charge in [-0.2, -0.15) is 0 Å². The summed E-state index contributed by atoms with van der Waals surface area (Å²) in [5.74, 6) is -1.05. The first-order chi connectivity index (χ1) is 12.8. The molecule has 1 heterocycles. The van der Waals surface area contributed by atoms with Gasteiger partial charge in [-0.1, -0.05) is 11.6 Å². The number of carbonyl (C=O) groups excluding carboxylic acids is 1. The Hall–Kier alpha value is -2.00. The first-order valence-corrected chi connectivity index (χ1v) is 10.2. The molecule has 1 fully saturated rings. The monoisotopic (exact) mass is 412 g/mol. The number of anilines is 1. The van der Waals surface area contributed by atoms with Crippen LogP contribution in [0.5, 0.6) is 0 Å². The van der Waals surface area contributed by atoms with Gasteiger partial charge in [-0.15, -0.1) is 0 Å². The van der Waals surface area contributed by atoms with Crippen molar-refractivity contribution in [3.8, 4) is 0 Å². The van der Waals surface area contributed by atoms with Crippen LogP contribution >= 0.6 is 11.6 Å². The van der Waals surface area contributed by atoms with Crippen LogP contribution in [-0.4, -0.2) is 33.6 Å². The number of nitrogens with one attached hydrogen (secondary N) is 2. The zero-order chi connectivity index (χ0) is 19.4. The van der Waals surface area contributed by atoms with E-state index in [1.54, 1.807) is 0 Å². The number of ether oxygens (including phenoxy) is 1. The van der Waals surface area contributed by atoms with Crippen LogP contribution in [0.4, 0.5) is 10.1 Å². The molecular weight excluding hydrogens is 395 g/mol. The molecule has 0 aromatic heterocycles. The van der Waals surface area contributed by atoms with Crippen molar-refractivity contribution in [3.05, 3.63) is 58.9 Å². The summed E-state index contributed by atoms with van der Waals surface area (Å²) in [6.07, 6.45) is 1.65. The number of hydrogen-bond acceptors (Lipinski definition) is 4. The molecule has 0 spiro atoms. The molecule has 0 saturated carbocycles. The minimum atomic E-state index is -3.68. The van der Waals surface area contributed by atoms with E-state index in [-0.39, 0.29) is 28.1 Å². The summed E-state index contributed by atoms with van der Waals surface area (Å²) in [7, 11) is -3.68. The summed E-state index contributed by atoms with van der Waals surface area (Å²) < 4.78 is 45.7. The molecule has 9 heteroatoms. The van der Waals surface area contributed by atoms with E-state index in [0.717, 1.165) is 18.9 Å². The second-order valence-corrected chi connectivity index (χ2v) is 8.27. The maximum atomic E-state index is 13.2. The lowest BCUT2D eigenvalue weighted by Gasteiger charge is -2.12. The van der Waals surface area contributed by atoms with E-state index in [2.05, 4.69) is 10.0 Å². The van der Waals surface area contributed by atoms with Crippen molar-refractivity contribution in [2.45, 2.75) is 23.8 Å². The lowest BCUT2D eigenvalue weighted by molar-refractivity contribution is 0.102. The SMILES string of the molecule is O=C(Nc1ccc(F)c(Cl)c1)c1ccc(S(=O)(=O)NC[C@H]2CCCO2)cc1. The molecule has 3 rings (SSSR count). The van der Waals surface area contributed by atoms with Crippen molar-refractivity contribution < 1.29 is 22.3 Å². The maximum absolute atomic E-state index is 13.2. The molecular formula is C18H18ClFN2O4S. The van der Waals surface area contributed by atoms with Gasteiger partial charge in [0.25, 0.3) is 5.91 Å². The molecule has 2 aromatic rings. The number of benzene rings is 2. The lowest BCUT2D eigenvalue weighted by Crippen LogP contribution is -2.31. The normalized spacial score (nSPS) is 17.0. The predicted octanol–water partition coefficient (Wildman–Crippen LogP) is 3.19. The Morgan fingerprint density at radius 3 is 2.59 bits per heavy atom. The molecule has 0 unspecified atom stereocenters. The van der Waals surface area contributed by atoms with Crippen LogP contribution in [0.1, 0.15) is 23.2 Å². The highest BCUT2D eigenvalue weighted by atomic mass is 35.5. The largest absolute Gasteiger partial charge is 0.377 e. The first-order valence-electron chi connectivity index (χ1n) is 8.33. The third-order valence-electron chi connectivity index (χ3n) is 4.13. The van der Waals surface area contributed by atoms with Crippen LogP contribution < -0.4 is 10.0 Å². The van der Waals surface area contributed by atoms with Gasteiger partial charge < -0.3 is 10.1 Å². The minimum absolute atomic E-state index is 0.0573. The molecule has 2 aromatic carbocycles. The molecule has 2 N–H and O–H groups in total. The van der Waals surface area contributed by atoms with Crippen LogP contribution in [0.2, 0.25) is 5.02 Å². The third kappa shape index (κ3) is 5.04. The highest BCUT2D eigenvalue weighted by Gasteiger charge is 2.20. The zero-order valence-corrected chi connectivity index (χ0v) is 15.8. The van der Waals surface area contributed by atoms with Crippen LogP contribution in [0.3, 0.4) is 0 Å². The van der Waals surface area contributed by atoms with Gasteiger partial charge in [0.1, 0.15) is 5.82 Å². The molecule has 1 saturated heterocycles. The fraction of sp³-hybridized carbons (Fsp3) is 0.278. The number of halogens is 2. The highest BCUT2D eigenvalue weighted by molar-refractivity contribution is 7.89. The molecule has 6 nitrogen and oxygen atoms in total. The highest BCUT2D eigenvalue weighted by Crippen LogP contribution is 2.20. The summed E-state index contributed by atoms with van der Waals surface area (Å²) in [5.41, 5.74) is 0.592. The van der Waals surface area contributed by atoms with Gasteiger partial charge in [0.05, 0.1) is 16.0 Å². The molecule has 1 aliphatic heterocycles. The van der Waals surface area contributed by atoms with E-state index in [1.807, 2.05) is 0 Å². The second-order valence-electron chi connectivity index (χ2n) is 6.09. The molecule has 1 atom stereocenters. The summed E-state index contributed by atoms with van der Waals surface area (Å²) in [6, 6.07) is 9.33. The smallest absolute Gasteiger partial charge is 0.255 e. The fourth-order valence-electron chi connectivity index (χ4n) is 2.65. The third-order valence-corrected chi connectivity index (χ3v) is 5.86.